The molecule has 1 amide bonds. The number of amides is 1. The van der Waals surface area contributed by atoms with E-state index in [0.29, 0.717) is 22.6 Å². The number of carbonyl (C=O) groups is 1. The number of nitrogens with zero attached hydrogens (tertiary/aromatic N) is 6. The Labute approximate surface area is 142 Å². The maximum absolute atomic E-state index is 12.0. The van der Waals surface area contributed by atoms with E-state index in [2.05, 4.69) is 30.9 Å². The Balaban J connectivity index is 1.62. The highest BCUT2D eigenvalue weighted by molar-refractivity contribution is 6.30. The van der Waals surface area contributed by atoms with Gasteiger partial charge in [-0.05, 0) is 43.3 Å². The molecule has 0 saturated carbocycles. The lowest BCUT2D eigenvalue weighted by Crippen LogP contribution is -2.31. The maximum atomic E-state index is 12.0. The summed E-state index contributed by atoms with van der Waals surface area (Å²) < 4.78 is 5.01. The molecule has 124 valence electrons. The van der Waals surface area contributed by atoms with E-state index in [4.69, 9.17) is 16.1 Å². The second kappa shape index (κ2) is 6.75. The third-order valence-electron chi connectivity index (χ3n) is 3.13. The minimum absolute atomic E-state index is 0.0714. The molecule has 1 unspecified atom stereocenters. The molecule has 1 atom stereocenters. The third kappa shape index (κ3) is 3.74. The quantitative estimate of drug-likeness (QED) is 0.745. The molecule has 0 aliphatic carbocycles. The summed E-state index contributed by atoms with van der Waals surface area (Å²) in [5.41, 5.74) is 0.765. The van der Waals surface area contributed by atoms with Crippen LogP contribution in [0.25, 0.3) is 11.4 Å². The van der Waals surface area contributed by atoms with Crippen LogP contribution in [0, 0.1) is 6.92 Å². The number of halogens is 1. The van der Waals surface area contributed by atoms with Gasteiger partial charge in [0.15, 0.2) is 5.82 Å². The van der Waals surface area contributed by atoms with Crippen molar-refractivity contribution < 1.29 is 9.32 Å². The Hall–Kier alpha value is -2.81. The van der Waals surface area contributed by atoms with Crippen molar-refractivity contribution >= 4 is 17.5 Å². The molecule has 2 heterocycles. The van der Waals surface area contributed by atoms with Crippen LogP contribution < -0.4 is 5.32 Å². The standard InChI is InChI=1S/C14H14ClN7O2/c1-8(14-17-9(2)20-24-14)16-12(23)7-22-19-13(18-21-22)10-3-5-11(15)6-4-10/h3-6,8H,7H2,1-2H3,(H,16,23). The molecule has 10 heteroatoms. The highest BCUT2D eigenvalue weighted by atomic mass is 35.5. The number of benzene rings is 1. The summed E-state index contributed by atoms with van der Waals surface area (Å²) in [5.74, 6) is 0.976. The van der Waals surface area contributed by atoms with Gasteiger partial charge in [0.25, 0.3) is 0 Å². The molecule has 24 heavy (non-hydrogen) atoms. The molecule has 0 radical (unpaired) electrons. The molecular weight excluding hydrogens is 334 g/mol. The van der Waals surface area contributed by atoms with Crippen LogP contribution in [0.3, 0.4) is 0 Å². The van der Waals surface area contributed by atoms with Crippen LogP contribution >= 0.6 is 11.6 Å². The van der Waals surface area contributed by atoms with Crippen molar-refractivity contribution in [3.8, 4) is 11.4 Å². The van der Waals surface area contributed by atoms with Gasteiger partial charge in [0.05, 0.1) is 0 Å². The van der Waals surface area contributed by atoms with Crippen molar-refractivity contribution in [1.29, 1.82) is 0 Å². The van der Waals surface area contributed by atoms with Gasteiger partial charge < -0.3 is 9.84 Å². The van der Waals surface area contributed by atoms with Gasteiger partial charge in [-0.25, -0.2) is 0 Å². The van der Waals surface area contributed by atoms with Crippen LogP contribution in [0.5, 0.6) is 0 Å². The van der Waals surface area contributed by atoms with Gasteiger partial charge in [0.2, 0.25) is 17.6 Å². The minimum Gasteiger partial charge on any atom is -0.343 e. The van der Waals surface area contributed by atoms with E-state index in [1.807, 2.05) is 0 Å². The molecule has 0 aliphatic heterocycles. The van der Waals surface area contributed by atoms with Crippen LogP contribution in [0.15, 0.2) is 28.8 Å². The number of hydrogen-bond donors (Lipinski definition) is 1. The Bertz CT molecular complexity index is 843. The first-order valence-electron chi connectivity index (χ1n) is 7.14. The van der Waals surface area contributed by atoms with Crippen LogP contribution in [0.4, 0.5) is 0 Å². The number of aromatic nitrogens is 6. The summed E-state index contributed by atoms with van der Waals surface area (Å²) in [4.78, 5) is 17.3. The van der Waals surface area contributed by atoms with E-state index in [1.165, 1.54) is 4.80 Å². The first-order valence-corrected chi connectivity index (χ1v) is 7.52. The zero-order valence-corrected chi connectivity index (χ0v) is 13.7. The van der Waals surface area contributed by atoms with E-state index >= 15 is 0 Å². The lowest BCUT2D eigenvalue weighted by Gasteiger charge is -2.08. The smallest absolute Gasteiger partial charge is 0.248 e. The van der Waals surface area contributed by atoms with Gasteiger partial charge in [0.1, 0.15) is 12.6 Å². The Morgan fingerprint density at radius 1 is 1.38 bits per heavy atom. The Morgan fingerprint density at radius 3 is 2.79 bits per heavy atom. The lowest BCUT2D eigenvalue weighted by molar-refractivity contribution is -0.122. The number of nitrogens with one attached hydrogen (secondary N) is 1. The zero-order chi connectivity index (χ0) is 17.1. The van der Waals surface area contributed by atoms with E-state index in [9.17, 15) is 4.79 Å². The largest absolute Gasteiger partial charge is 0.343 e. The van der Waals surface area contributed by atoms with Crippen LogP contribution in [-0.2, 0) is 11.3 Å². The van der Waals surface area contributed by atoms with Gasteiger partial charge in [-0.15, -0.1) is 10.2 Å². The van der Waals surface area contributed by atoms with Gasteiger partial charge in [-0.2, -0.15) is 9.78 Å². The molecule has 0 aliphatic rings. The average Bonchev–Trinajstić information content (AvgIpc) is 3.17. The number of aryl methyl sites for hydroxylation is 1. The molecule has 0 bridgehead atoms. The van der Waals surface area contributed by atoms with Crippen molar-refractivity contribution in [2.24, 2.45) is 0 Å². The molecule has 1 N–H and O–H groups in total. The Kier molecular flexibility index (Phi) is 4.52. The van der Waals surface area contributed by atoms with Crippen molar-refractivity contribution in [2.45, 2.75) is 26.4 Å². The summed E-state index contributed by atoms with van der Waals surface area (Å²) in [6.07, 6.45) is 0. The van der Waals surface area contributed by atoms with Crippen LogP contribution in [0.2, 0.25) is 5.02 Å². The molecule has 3 aromatic rings. The molecule has 0 fully saturated rings. The van der Waals surface area contributed by atoms with E-state index in [-0.39, 0.29) is 12.5 Å². The SMILES string of the molecule is Cc1noc(C(C)NC(=O)Cn2nnc(-c3ccc(Cl)cc3)n2)n1. The van der Waals surface area contributed by atoms with E-state index in [0.717, 1.165) is 5.56 Å². The van der Waals surface area contributed by atoms with Crippen molar-refractivity contribution in [1.82, 2.24) is 35.7 Å². The molecule has 1 aromatic carbocycles. The molecule has 9 nitrogen and oxygen atoms in total. The van der Waals surface area contributed by atoms with Crippen molar-refractivity contribution in [2.75, 3.05) is 0 Å². The third-order valence-corrected chi connectivity index (χ3v) is 3.38. The fraction of sp³-hybridized carbons (Fsp3) is 0.286. The minimum atomic E-state index is -0.405. The maximum Gasteiger partial charge on any atom is 0.248 e. The zero-order valence-electron chi connectivity index (χ0n) is 13.0. The topological polar surface area (TPSA) is 112 Å². The number of rotatable bonds is 5. The molecule has 2 aromatic heterocycles. The normalized spacial score (nSPS) is 12.1. The summed E-state index contributed by atoms with van der Waals surface area (Å²) in [6, 6.07) is 6.63. The second-order valence-electron chi connectivity index (χ2n) is 5.12. The Morgan fingerprint density at radius 2 is 2.12 bits per heavy atom. The molecule has 0 spiro atoms. The molecule has 0 saturated heterocycles. The number of hydrogen-bond acceptors (Lipinski definition) is 7. The van der Waals surface area contributed by atoms with E-state index < -0.39 is 6.04 Å². The second-order valence-corrected chi connectivity index (χ2v) is 5.56. The summed E-state index contributed by atoms with van der Waals surface area (Å²) >= 11 is 5.84. The van der Waals surface area contributed by atoms with Crippen LogP contribution in [0.1, 0.15) is 24.7 Å². The van der Waals surface area contributed by atoms with Gasteiger partial charge in [-0.1, -0.05) is 16.8 Å². The van der Waals surface area contributed by atoms with Gasteiger partial charge in [0, 0.05) is 10.6 Å². The summed E-state index contributed by atoms with van der Waals surface area (Å²) in [7, 11) is 0. The summed E-state index contributed by atoms with van der Waals surface area (Å²) in [6.45, 7) is 3.38. The van der Waals surface area contributed by atoms with Crippen molar-refractivity contribution in [3.05, 3.63) is 41.0 Å². The van der Waals surface area contributed by atoms with E-state index in [1.54, 1.807) is 38.1 Å². The van der Waals surface area contributed by atoms with Crippen molar-refractivity contribution in [3.63, 3.8) is 0 Å². The summed E-state index contributed by atoms with van der Waals surface area (Å²) in [5, 5.41) is 19.0. The monoisotopic (exact) mass is 347 g/mol. The fourth-order valence-electron chi connectivity index (χ4n) is 1.99. The van der Waals surface area contributed by atoms with Gasteiger partial charge >= 0.3 is 0 Å². The van der Waals surface area contributed by atoms with Crippen LogP contribution in [-0.4, -0.2) is 36.3 Å². The predicted molar refractivity (Wildman–Crippen MR) is 83.9 cm³/mol. The first kappa shape index (κ1) is 16.1. The first-order chi connectivity index (χ1) is 11.5. The highest BCUT2D eigenvalue weighted by Gasteiger charge is 2.16. The average molecular weight is 348 g/mol. The number of tetrazole rings is 1. The fourth-order valence-corrected chi connectivity index (χ4v) is 2.12. The van der Waals surface area contributed by atoms with Gasteiger partial charge in [-0.3, -0.25) is 4.79 Å². The highest BCUT2D eigenvalue weighted by Crippen LogP contribution is 2.17. The predicted octanol–water partition coefficient (Wildman–Crippen LogP) is 1.56. The lowest BCUT2D eigenvalue weighted by atomic mass is 10.2. The number of carbonyl (C=O) groups excluding carboxylic acids is 1. The molecule has 3 rings (SSSR count). The molecular formula is C14H14ClN7O2.